The minimum Gasteiger partial charge on any atom is -0.495 e. The molecule has 0 fully saturated rings. The molecule has 0 aliphatic carbocycles. The van der Waals surface area contributed by atoms with E-state index in [-0.39, 0.29) is 5.91 Å². The third-order valence-corrected chi connectivity index (χ3v) is 3.88. The summed E-state index contributed by atoms with van der Waals surface area (Å²) in [6, 6.07) is 10.4. The number of nitrogens with one attached hydrogen (secondary N) is 1. The van der Waals surface area contributed by atoms with Crippen molar-refractivity contribution < 1.29 is 9.53 Å². The number of hydrogen-bond acceptors (Lipinski definition) is 5. The number of aryl methyl sites for hydroxylation is 1. The van der Waals surface area contributed by atoms with Gasteiger partial charge in [-0.3, -0.25) is 4.79 Å². The molecule has 0 saturated carbocycles. The second kappa shape index (κ2) is 6.67. The summed E-state index contributed by atoms with van der Waals surface area (Å²) in [5.41, 5.74) is 2.67. The van der Waals surface area contributed by atoms with Gasteiger partial charge in [0.1, 0.15) is 12.1 Å². The number of rotatable bonds is 4. The predicted octanol–water partition coefficient (Wildman–Crippen LogP) is 2.89. The Bertz CT molecular complexity index is 863. The Hall–Kier alpha value is -2.93. The molecule has 1 N–H and O–H groups in total. The Morgan fingerprint density at radius 3 is 2.62 bits per heavy atom. The summed E-state index contributed by atoms with van der Waals surface area (Å²) in [6.45, 7) is 1.86. The molecule has 3 aromatic rings. The molecule has 0 aliphatic rings. The molecule has 0 saturated heterocycles. The lowest BCUT2D eigenvalue weighted by molar-refractivity contribution is 0.102. The van der Waals surface area contributed by atoms with Crippen molar-refractivity contribution in [2.75, 3.05) is 12.4 Å². The SMILES string of the molecule is COc1cc(Cl)c(C)cc1NC(=O)c1ccc(-n2cnnn2)cc1. The van der Waals surface area contributed by atoms with Gasteiger partial charge in [-0.15, -0.1) is 5.10 Å². The van der Waals surface area contributed by atoms with Crippen LogP contribution in [0.4, 0.5) is 5.69 Å². The van der Waals surface area contributed by atoms with Crippen LogP contribution < -0.4 is 10.1 Å². The predicted molar refractivity (Wildman–Crippen MR) is 89.8 cm³/mol. The van der Waals surface area contributed by atoms with E-state index < -0.39 is 0 Å². The van der Waals surface area contributed by atoms with Gasteiger partial charge in [-0.25, -0.2) is 4.68 Å². The molecule has 0 bridgehead atoms. The molecule has 1 amide bonds. The molecule has 0 spiro atoms. The average molecular weight is 344 g/mol. The Balaban J connectivity index is 1.81. The van der Waals surface area contributed by atoms with Gasteiger partial charge in [-0.1, -0.05) is 11.6 Å². The summed E-state index contributed by atoms with van der Waals surface area (Å²) < 4.78 is 6.77. The largest absolute Gasteiger partial charge is 0.495 e. The van der Waals surface area contributed by atoms with Gasteiger partial charge in [0.25, 0.3) is 5.91 Å². The summed E-state index contributed by atoms with van der Waals surface area (Å²) in [5, 5.41) is 14.4. The molecule has 24 heavy (non-hydrogen) atoms. The van der Waals surface area contributed by atoms with Gasteiger partial charge in [0.15, 0.2) is 0 Å². The normalized spacial score (nSPS) is 10.5. The summed E-state index contributed by atoms with van der Waals surface area (Å²) >= 11 is 6.07. The van der Waals surface area contributed by atoms with Crippen molar-refractivity contribution in [2.45, 2.75) is 6.92 Å². The number of anilines is 1. The molecule has 2 aromatic carbocycles. The van der Waals surface area contributed by atoms with Crippen molar-refractivity contribution in [1.29, 1.82) is 0 Å². The topological polar surface area (TPSA) is 81.9 Å². The number of aromatic nitrogens is 4. The van der Waals surface area contributed by atoms with E-state index in [0.29, 0.717) is 22.0 Å². The van der Waals surface area contributed by atoms with Gasteiger partial charge in [-0.2, -0.15) is 0 Å². The summed E-state index contributed by atoms with van der Waals surface area (Å²) in [4.78, 5) is 12.4. The van der Waals surface area contributed by atoms with Crippen LogP contribution >= 0.6 is 11.6 Å². The van der Waals surface area contributed by atoms with E-state index in [0.717, 1.165) is 11.3 Å². The molecule has 1 aromatic heterocycles. The average Bonchev–Trinajstić information content (AvgIpc) is 3.12. The molecule has 1 heterocycles. The highest BCUT2D eigenvalue weighted by Gasteiger charge is 2.12. The maximum absolute atomic E-state index is 12.4. The number of methoxy groups -OCH3 is 1. The number of carbonyl (C=O) groups is 1. The van der Waals surface area contributed by atoms with Crippen LogP contribution in [0.2, 0.25) is 5.02 Å². The van der Waals surface area contributed by atoms with Crippen molar-refractivity contribution in [3.8, 4) is 11.4 Å². The van der Waals surface area contributed by atoms with E-state index in [2.05, 4.69) is 20.8 Å². The van der Waals surface area contributed by atoms with Crippen molar-refractivity contribution in [3.05, 3.63) is 58.9 Å². The number of benzene rings is 2. The minimum atomic E-state index is -0.252. The zero-order chi connectivity index (χ0) is 17.1. The Morgan fingerprint density at radius 1 is 1.25 bits per heavy atom. The van der Waals surface area contributed by atoms with Gasteiger partial charge in [0.2, 0.25) is 0 Å². The van der Waals surface area contributed by atoms with Gasteiger partial charge < -0.3 is 10.1 Å². The Labute approximate surface area is 143 Å². The van der Waals surface area contributed by atoms with Gasteiger partial charge >= 0.3 is 0 Å². The summed E-state index contributed by atoms with van der Waals surface area (Å²) in [7, 11) is 1.53. The lowest BCUT2D eigenvalue weighted by Crippen LogP contribution is -2.13. The lowest BCUT2D eigenvalue weighted by atomic mass is 10.1. The van der Waals surface area contributed by atoms with Crippen molar-refractivity contribution in [3.63, 3.8) is 0 Å². The van der Waals surface area contributed by atoms with Crippen LogP contribution in [0.25, 0.3) is 5.69 Å². The molecule has 0 aliphatic heterocycles. The van der Waals surface area contributed by atoms with Crippen LogP contribution in [0.15, 0.2) is 42.7 Å². The van der Waals surface area contributed by atoms with E-state index in [1.807, 2.05) is 6.92 Å². The maximum atomic E-state index is 12.4. The number of hydrogen-bond donors (Lipinski definition) is 1. The van der Waals surface area contributed by atoms with E-state index in [9.17, 15) is 4.79 Å². The molecule has 122 valence electrons. The Kier molecular flexibility index (Phi) is 4.43. The fraction of sp³-hybridized carbons (Fsp3) is 0.125. The van der Waals surface area contributed by atoms with E-state index in [1.165, 1.54) is 18.1 Å². The third kappa shape index (κ3) is 3.21. The van der Waals surface area contributed by atoms with Gasteiger partial charge in [-0.05, 0) is 53.2 Å². The van der Waals surface area contributed by atoms with Crippen LogP contribution in [0.1, 0.15) is 15.9 Å². The summed E-state index contributed by atoms with van der Waals surface area (Å²) in [5.74, 6) is 0.252. The third-order valence-electron chi connectivity index (χ3n) is 3.47. The van der Waals surface area contributed by atoms with Crippen LogP contribution in [-0.2, 0) is 0 Å². The van der Waals surface area contributed by atoms with E-state index in [4.69, 9.17) is 16.3 Å². The zero-order valence-corrected chi connectivity index (χ0v) is 13.8. The van der Waals surface area contributed by atoms with Crippen molar-refractivity contribution in [1.82, 2.24) is 20.2 Å². The van der Waals surface area contributed by atoms with Crippen molar-refractivity contribution >= 4 is 23.2 Å². The quantitative estimate of drug-likeness (QED) is 0.787. The Morgan fingerprint density at radius 2 is 2.00 bits per heavy atom. The standard InChI is InChI=1S/C16H14ClN5O2/c1-10-7-14(15(24-2)8-13(10)17)19-16(23)11-3-5-12(6-4-11)22-9-18-20-21-22/h3-9H,1-2H3,(H,19,23). The highest BCUT2D eigenvalue weighted by atomic mass is 35.5. The molecule has 3 rings (SSSR count). The number of nitrogens with zero attached hydrogens (tertiary/aromatic N) is 4. The number of amides is 1. The molecule has 0 unspecified atom stereocenters. The fourth-order valence-corrected chi connectivity index (χ4v) is 2.32. The first kappa shape index (κ1) is 15.9. The first-order valence-electron chi connectivity index (χ1n) is 7.07. The van der Waals surface area contributed by atoms with Crippen LogP contribution in [0, 0.1) is 6.92 Å². The molecule has 0 radical (unpaired) electrons. The number of carbonyl (C=O) groups excluding carboxylic acids is 1. The second-order valence-corrected chi connectivity index (χ2v) is 5.46. The molecule has 0 atom stereocenters. The smallest absolute Gasteiger partial charge is 0.255 e. The lowest BCUT2D eigenvalue weighted by Gasteiger charge is -2.12. The van der Waals surface area contributed by atoms with Crippen LogP contribution in [0.3, 0.4) is 0 Å². The molecular weight excluding hydrogens is 330 g/mol. The molecule has 8 heteroatoms. The van der Waals surface area contributed by atoms with Crippen LogP contribution in [-0.4, -0.2) is 33.2 Å². The number of ether oxygens (including phenoxy) is 1. The number of halogens is 1. The highest BCUT2D eigenvalue weighted by molar-refractivity contribution is 6.31. The van der Waals surface area contributed by atoms with E-state index in [1.54, 1.807) is 36.4 Å². The zero-order valence-electron chi connectivity index (χ0n) is 13.0. The maximum Gasteiger partial charge on any atom is 0.255 e. The van der Waals surface area contributed by atoms with Crippen molar-refractivity contribution in [2.24, 2.45) is 0 Å². The van der Waals surface area contributed by atoms with Gasteiger partial charge in [0.05, 0.1) is 18.5 Å². The van der Waals surface area contributed by atoms with Gasteiger partial charge in [0, 0.05) is 16.7 Å². The summed E-state index contributed by atoms with van der Waals surface area (Å²) in [6.07, 6.45) is 1.48. The molecular formula is C16H14ClN5O2. The first-order valence-corrected chi connectivity index (χ1v) is 7.45. The van der Waals surface area contributed by atoms with Crippen LogP contribution in [0.5, 0.6) is 5.75 Å². The first-order chi connectivity index (χ1) is 11.6. The number of tetrazole rings is 1. The second-order valence-electron chi connectivity index (χ2n) is 5.06. The van der Waals surface area contributed by atoms with E-state index >= 15 is 0 Å². The monoisotopic (exact) mass is 343 g/mol. The fourth-order valence-electron chi connectivity index (χ4n) is 2.17. The highest BCUT2D eigenvalue weighted by Crippen LogP contribution is 2.31. The molecule has 7 nitrogen and oxygen atoms in total. The minimum absolute atomic E-state index is 0.252.